The predicted molar refractivity (Wildman–Crippen MR) is 83.8 cm³/mol. The van der Waals surface area contributed by atoms with Crippen molar-refractivity contribution >= 4 is 28.8 Å². The minimum Gasteiger partial charge on any atom is -0.399 e. The molecule has 2 aromatic rings. The molecule has 0 fully saturated rings. The van der Waals surface area contributed by atoms with Gasteiger partial charge < -0.3 is 16.4 Å². The van der Waals surface area contributed by atoms with Gasteiger partial charge in [0.1, 0.15) is 0 Å². The van der Waals surface area contributed by atoms with Crippen molar-refractivity contribution in [1.29, 1.82) is 0 Å². The average molecular weight is 303 g/mol. The van der Waals surface area contributed by atoms with Crippen molar-refractivity contribution in [3.8, 4) is 0 Å². The number of aryl methyl sites for hydroxylation is 1. The van der Waals surface area contributed by atoms with E-state index in [0.717, 1.165) is 11.1 Å². The monoisotopic (exact) mass is 303 g/mol. The van der Waals surface area contributed by atoms with Crippen LogP contribution in [0.15, 0.2) is 35.0 Å². The lowest BCUT2D eigenvalue weighted by Crippen LogP contribution is -2.38. The van der Waals surface area contributed by atoms with Crippen LogP contribution in [0.5, 0.6) is 0 Å². The first-order valence-electron chi connectivity index (χ1n) is 6.42. The van der Waals surface area contributed by atoms with E-state index < -0.39 is 5.91 Å². The van der Waals surface area contributed by atoms with Gasteiger partial charge in [-0.3, -0.25) is 9.59 Å². The topological polar surface area (TPSA) is 89.4 Å². The molecule has 1 aromatic heterocycles. The Balaban J connectivity index is 2.22. The molecule has 0 unspecified atom stereocenters. The molecule has 110 valence electrons. The van der Waals surface area contributed by atoms with Gasteiger partial charge in [0.25, 0.3) is 5.91 Å². The third kappa shape index (κ3) is 3.82. The van der Waals surface area contributed by atoms with Crippen LogP contribution in [0, 0.1) is 6.92 Å². The van der Waals surface area contributed by atoms with Gasteiger partial charge in [-0.15, -0.1) is 0 Å². The van der Waals surface area contributed by atoms with E-state index >= 15 is 0 Å². The van der Waals surface area contributed by atoms with Gasteiger partial charge in [0.2, 0.25) is 5.91 Å². The molecular formula is C15H17N3O2S. The summed E-state index contributed by atoms with van der Waals surface area (Å²) in [6.45, 7) is 2.07. The van der Waals surface area contributed by atoms with Crippen molar-refractivity contribution in [3.63, 3.8) is 0 Å². The molecule has 0 saturated carbocycles. The van der Waals surface area contributed by atoms with Crippen LogP contribution in [-0.2, 0) is 11.3 Å². The standard InChI is InChI=1S/C15H17N3O2S/c1-10-8-21-9-13(10)15(20)18(7-14(17)19)6-11-2-4-12(16)5-3-11/h2-5,8-9H,6-7,16H2,1H3,(H2,17,19). The zero-order valence-corrected chi connectivity index (χ0v) is 12.5. The van der Waals surface area contributed by atoms with Crippen molar-refractivity contribution in [2.24, 2.45) is 5.73 Å². The van der Waals surface area contributed by atoms with Crippen LogP contribution in [-0.4, -0.2) is 23.3 Å². The van der Waals surface area contributed by atoms with Gasteiger partial charge in [-0.25, -0.2) is 0 Å². The maximum absolute atomic E-state index is 12.5. The molecule has 0 aliphatic rings. The lowest BCUT2D eigenvalue weighted by molar-refractivity contribution is -0.118. The Morgan fingerprint density at radius 1 is 1.19 bits per heavy atom. The number of nitrogen functional groups attached to an aromatic ring is 1. The van der Waals surface area contributed by atoms with E-state index in [1.165, 1.54) is 16.2 Å². The molecule has 0 atom stereocenters. The smallest absolute Gasteiger partial charge is 0.255 e. The number of anilines is 1. The molecule has 0 aliphatic heterocycles. The summed E-state index contributed by atoms with van der Waals surface area (Å²) < 4.78 is 0. The molecule has 21 heavy (non-hydrogen) atoms. The number of hydrogen-bond donors (Lipinski definition) is 2. The summed E-state index contributed by atoms with van der Waals surface area (Å²) in [5.74, 6) is -0.726. The molecule has 0 spiro atoms. The molecule has 1 heterocycles. The fourth-order valence-electron chi connectivity index (χ4n) is 1.98. The van der Waals surface area contributed by atoms with Gasteiger partial charge in [-0.2, -0.15) is 11.3 Å². The molecule has 0 saturated heterocycles. The summed E-state index contributed by atoms with van der Waals surface area (Å²) in [7, 11) is 0. The lowest BCUT2D eigenvalue weighted by atomic mass is 10.1. The fraction of sp³-hybridized carbons (Fsp3) is 0.200. The molecule has 0 aliphatic carbocycles. The number of thiophene rings is 1. The second kappa shape index (κ2) is 6.41. The molecule has 0 bridgehead atoms. The lowest BCUT2D eigenvalue weighted by Gasteiger charge is -2.21. The molecule has 6 heteroatoms. The quantitative estimate of drug-likeness (QED) is 0.825. The Bertz CT molecular complexity index is 649. The third-order valence-electron chi connectivity index (χ3n) is 3.07. The number of nitrogens with two attached hydrogens (primary N) is 2. The van der Waals surface area contributed by atoms with Gasteiger partial charge in [-0.1, -0.05) is 12.1 Å². The Labute approximate surface area is 127 Å². The van der Waals surface area contributed by atoms with E-state index in [9.17, 15) is 9.59 Å². The Morgan fingerprint density at radius 3 is 2.38 bits per heavy atom. The summed E-state index contributed by atoms with van der Waals surface area (Å²) in [4.78, 5) is 25.2. The van der Waals surface area contributed by atoms with E-state index in [1.54, 1.807) is 17.5 Å². The second-order valence-corrected chi connectivity index (χ2v) is 5.58. The van der Waals surface area contributed by atoms with Crippen LogP contribution in [0.25, 0.3) is 0 Å². The number of rotatable bonds is 5. The molecule has 1 aromatic carbocycles. The molecule has 2 rings (SSSR count). The first kappa shape index (κ1) is 15.1. The largest absolute Gasteiger partial charge is 0.399 e. The maximum atomic E-state index is 12.5. The van der Waals surface area contributed by atoms with Gasteiger partial charge in [0.05, 0.1) is 12.1 Å². The van der Waals surface area contributed by atoms with Gasteiger partial charge in [-0.05, 0) is 35.6 Å². The SMILES string of the molecule is Cc1cscc1C(=O)N(CC(N)=O)Cc1ccc(N)cc1. The first-order chi connectivity index (χ1) is 9.97. The molecule has 2 amide bonds. The predicted octanol–water partition coefficient (Wildman–Crippen LogP) is 1.77. The zero-order valence-electron chi connectivity index (χ0n) is 11.7. The second-order valence-electron chi connectivity index (χ2n) is 4.84. The highest BCUT2D eigenvalue weighted by Gasteiger charge is 2.20. The number of hydrogen-bond acceptors (Lipinski definition) is 4. The van der Waals surface area contributed by atoms with Crippen LogP contribution in [0.2, 0.25) is 0 Å². The van der Waals surface area contributed by atoms with Gasteiger partial charge >= 0.3 is 0 Å². The fourth-order valence-corrected chi connectivity index (χ4v) is 2.80. The summed E-state index contributed by atoms with van der Waals surface area (Å²) in [5, 5.41) is 3.69. The van der Waals surface area contributed by atoms with Crippen molar-refractivity contribution in [1.82, 2.24) is 4.90 Å². The minimum atomic E-state index is -0.535. The molecular weight excluding hydrogens is 286 g/mol. The van der Waals surface area contributed by atoms with E-state index in [2.05, 4.69) is 0 Å². The highest BCUT2D eigenvalue weighted by Crippen LogP contribution is 2.18. The van der Waals surface area contributed by atoms with E-state index in [1.807, 2.05) is 24.4 Å². The summed E-state index contributed by atoms with van der Waals surface area (Å²) in [6.07, 6.45) is 0. The molecule has 4 N–H and O–H groups in total. The molecule has 0 radical (unpaired) electrons. The summed E-state index contributed by atoms with van der Waals surface area (Å²) in [5.41, 5.74) is 13.9. The number of carbonyl (C=O) groups excluding carboxylic acids is 2. The van der Waals surface area contributed by atoms with Crippen molar-refractivity contribution < 1.29 is 9.59 Å². The molecule has 5 nitrogen and oxygen atoms in total. The first-order valence-corrected chi connectivity index (χ1v) is 7.36. The Kier molecular flexibility index (Phi) is 4.59. The van der Waals surface area contributed by atoms with Crippen molar-refractivity contribution in [2.45, 2.75) is 13.5 Å². The minimum absolute atomic E-state index is 0.113. The van der Waals surface area contributed by atoms with Crippen LogP contribution in [0.1, 0.15) is 21.5 Å². The van der Waals surface area contributed by atoms with Gasteiger partial charge in [0, 0.05) is 17.6 Å². The summed E-state index contributed by atoms with van der Waals surface area (Å²) >= 11 is 1.46. The Morgan fingerprint density at radius 2 is 1.86 bits per heavy atom. The van der Waals surface area contributed by atoms with Gasteiger partial charge in [0.15, 0.2) is 0 Å². The zero-order chi connectivity index (χ0) is 15.4. The number of amides is 2. The van der Waals surface area contributed by atoms with Crippen molar-refractivity contribution in [3.05, 3.63) is 51.7 Å². The normalized spacial score (nSPS) is 10.3. The van der Waals surface area contributed by atoms with E-state index in [4.69, 9.17) is 11.5 Å². The Hall–Kier alpha value is -2.34. The number of carbonyl (C=O) groups is 2. The van der Waals surface area contributed by atoms with Crippen LogP contribution < -0.4 is 11.5 Å². The van der Waals surface area contributed by atoms with E-state index in [-0.39, 0.29) is 12.5 Å². The number of primary amides is 1. The van der Waals surface area contributed by atoms with Crippen LogP contribution >= 0.6 is 11.3 Å². The number of nitrogens with zero attached hydrogens (tertiary/aromatic N) is 1. The third-order valence-corrected chi connectivity index (χ3v) is 3.93. The maximum Gasteiger partial charge on any atom is 0.255 e. The number of benzene rings is 1. The summed E-state index contributed by atoms with van der Waals surface area (Å²) in [6, 6.07) is 7.18. The van der Waals surface area contributed by atoms with Crippen LogP contribution in [0.3, 0.4) is 0 Å². The van der Waals surface area contributed by atoms with Crippen LogP contribution in [0.4, 0.5) is 5.69 Å². The average Bonchev–Trinajstić information content (AvgIpc) is 2.85. The van der Waals surface area contributed by atoms with Crippen molar-refractivity contribution in [2.75, 3.05) is 12.3 Å². The highest BCUT2D eigenvalue weighted by molar-refractivity contribution is 7.08. The highest BCUT2D eigenvalue weighted by atomic mass is 32.1. The van der Waals surface area contributed by atoms with E-state index in [0.29, 0.717) is 17.8 Å².